The van der Waals surface area contributed by atoms with E-state index in [0.717, 1.165) is 18.8 Å². The summed E-state index contributed by atoms with van der Waals surface area (Å²) in [6.07, 6.45) is 0.966. The number of ether oxygens (including phenoxy) is 1. The fourth-order valence-electron chi connectivity index (χ4n) is 2.08. The Morgan fingerprint density at radius 3 is 3.00 bits per heavy atom. The molecule has 1 aromatic carbocycles. The topological polar surface area (TPSA) is 38.3 Å². The quantitative estimate of drug-likeness (QED) is 0.850. The number of carbonyl (C=O) groups excluding carboxylic acids is 1. The van der Waals surface area contributed by atoms with Gasteiger partial charge in [0.25, 0.3) is 0 Å². The van der Waals surface area contributed by atoms with Gasteiger partial charge in [0.2, 0.25) is 5.91 Å². The van der Waals surface area contributed by atoms with Crippen molar-refractivity contribution in [3.8, 4) is 5.75 Å². The van der Waals surface area contributed by atoms with Gasteiger partial charge in [0.05, 0.1) is 6.61 Å². The van der Waals surface area contributed by atoms with Gasteiger partial charge in [-0.2, -0.15) is 0 Å². The van der Waals surface area contributed by atoms with E-state index < -0.39 is 0 Å². The molecule has 0 unspecified atom stereocenters. The molecule has 1 N–H and O–H groups in total. The van der Waals surface area contributed by atoms with Crippen LogP contribution < -0.4 is 10.1 Å². The minimum Gasteiger partial charge on any atom is -0.493 e. The number of alkyl halides is 1. The van der Waals surface area contributed by atoms with E-state index in [1.165, 1.54) is 11.1 Å². The first-order valence-electron chi connectivity index (χ1n) is 6.12. The monoisotopic (exact) mass is 267 g/mol. The minimum absolute atomic E-state index is 0.00804. The van der Waals surface area contributed by atoms with Crippen molar-refractivity contribution in [3.63, 3.8) is 0 Å². The highest BCUT2D eigenvalue weighted by molar-refractivity contribution is 6.27. The first kappa shape index (κ1) is 13.2. The first-order chi connectivity index (χ1) is 8.53. The Hall–Kier alpha value is -1.22. The molecule has 0 saturated carbocycles. The van der Waals surface area contributed by atoms with Crippen LogP contribution in [0.4, 0.5) is 0 Å². The molecule has 0 atom stereocenters. The number of fused-ring (bicyclic) bond motifs is 1. The van der Waals surface area contributed by atoms with E-state index in [1.807, 2.05) is 6.07 Å². The van der Waals surface area contributed by atoms with Gasteiger partial charge >= 0.3 is 0 Å². The zero-order valence-electron chi connectivity index (χ0n) is 10.8. The molecule has 0 aromatic heterocycles. The molecule has 18 heavy (non-hydrogen) atoms. The Morgan fingerprint density at radius 1 is 1.50 bits per heavy atom. The van der Waals surface area contributed by atoms with Gasteiger partial charge in [-0.3, -0.25) is 4.79 Å². The molecule has 3 nitrogen and oxygen atoms in total. The summed E-state index contributed by atoms with van der Waals surface area (Å²) in [5.74, 6) is 0.863. The third kappa shape index (κ3) is 2.78. The van der Waals surface area contributed by atoms with Crippen LogP contribution in [0.25, 0.3) is 0 Å². The summed E-state index contributed by atoms with van der Waals surface area (Å²) in [5.41, 5.74) is 2.35. The second-order valence-corrected chi connectivity index (χ2v) is 5.48. The number of nitrogens with one attached hydrogen (secondary N) is 1. The van der Waals surface area contributed by atoms with Crippen LogP contribution in [0.15, 0.2) is 18.2 Å². The largest absolute Gasteiger partial charge is 0.493 e. The molecular weight excluding hydrogens is 250 g/mol. The van der Waals surface area contributed by atoms with Gasteiger partial charge in [-0.1, -0.05) is 26.0 Å². The van der Waals surface area contributed by atoms with Crippen molar-refractivity contribution < 1.29 is 9.53 Å². The van der Waals surface area contributed by atoms with E-state index in [9.17, 15) is 4.79 Å². The molecule has 1 heterocycles. The zero-order valence-corrected chi connectivity index (χ0v) is 11.5. The molecule has 0 spiro atoms. The van der Waals surface area contributed by atoms with Crippen molar-refractivity contribution in [2.75, 3.05) is 19.0 Å². The first-order valence-corrected chi connectivity index (χ1v) is 6.65. The lowest BCUT2D eigenvalue weighted by molar-refractivity contribution is -0.118. The van der Waals surface area contributed by atoms with Gasteiger partial charge in [0, 0.05) is 18.4 Å². The molecule has 0 aliphatic carbocycles. The molecule has 0 fully saturated rings. The Bertz CT molecular complexity index is 457. The Labute approximate surface area is 112 Å². The molecule has 2 rings (SSSR count). The molecule has 1 aliphatic heterocycles. The minimum atomic E-state index is -0.130. The number of carbonyl (C=O) groups is 1. The number of benzene rings is 1. The van der Waals surface area contributed by atoms with Crippen molar-refractivity contribution in [1.82, 2.24) is 5.32 Å². The highest BCUT2D eigenvalue weighted by Gasteiger charge is 2.23. The summed E-state index contributed by atoms with van der Waals surface area (Å²) in [4.78, 5) is 11.2. The van der Waals surface area contributed by atoms with E-state index in [2.05, 4.69) is 31.3 Å². The Morgan fingerprint density at radius 2 is 2.28 bits per heavy atom. The lowest BCUT2D eigenvalue weighted by atomic mass is 9.83. The average Bonchev–Trinajstić information content (AvgIpc) is 2.83. The maximum atomic E-state index is 11.2. The number of amides is 1. The summed E-state index contributed by atoms with van der Waals surface area (Å²) in [7, 11) is 0. The maximum absolute atomic E-state index is 11.2. The highest BCUT2D eigenvalue weighted by Crippen LogP contribution is 2.31. The normalized spacial score (nSPS) is 13.9. The predicted octanol–water partition coefficient (Wildman–Crippen LogP) is 2.25. The standard InChI is InChI=1S/C14H18ClNO2/c1-14(2,9-16-13(17)8-15)11-3-4-12-10(7-11)5-6-18-12/h3-4,7H,5-6,8-9H2,1-2H3,(H,16,17). The second-order valence-electron chi connectivity index (χ2n) is 5.22. The number of hydrogen-bond acceptors (Lipinski definition) is 2. The summed E-state index contributed by atoms with van der Waals surface area (Å²) < 4.78 is 5.49. The SMILES string of the molecule is CC(C)(CNC(=O)CCl)c1ccc2c(c1)CCO2. The summed E-state index contributed by atoms with van der Waals surface area (Å²) in [6.45, 7) is 5.57. The molecular formula is C14H18ClNO2. The smallest absolute Gasteiger partial charge is 0.234 e. The second kappa shape index (κ2) is 5.19. The van der Waals surface area contributed by atoms with Crippen LogP contribution in [0.3, 0.4) is 0 Å². The molecule has 4 heteroatoms. The van der Waals surface area contributed by atoms with Crippen molar-refractivity contribution in [2.45, 2.75) is 25.7 Å². The van der Waals surface area contributed by atoms with Crippen molar-refractivity contribution in [3.05, 3.63) is 29.3 Å². The van der Waals surface area contributed by atoms with Crippen LogP contribution >= 0.6 is 11.6 Å². The van der Waals surface area contributed by atoms with Crippen LogP contribution in [-0.2, 0) is 16.6 Å². The number of rotatable bonds is 4. The van der Waals surface area contributed by atoms with Gasteiger partial charge in [-0.15, -0.1) is 11.6 Å². The summed E-state index contributed by atoms with van der Waals surface area (Å²) in [5, 5.41) is 2.84. The molecule has 0 bridgehead atoms. The maximum Gasteiger partial charge on any atom is 0.234 e. The molecule has 1 aromatic rings. The van der Waals surface area contributed by atoms with Crippen LogP contribution in [-0.4, -0.2) is 24.9 Å². The summed E-state index contributed by atoms with van der Waals surface area (Å²) >= 11 is 5.48. The van der Waals surface area contributed by atoms with Gasteiger partial charge in [-0.25, -0.2) is 0 Å². The third-order valence-corrected chi connectivity index (χ3v) is 3.56. The Kier molecular flexibility index (Phi) is 3.81. The van der Waals surface area contributed by atoms with Crippen LogP contribution in [0.2, 0.25) is 0 Å². The predicted molar refractivity (Wildman–Crippen MR) is 72.4 cm³/mol. The highest BCUT2D eigenvalue weighted by atomic mass is 35.5. The Balaban J connectivity index is 2.11. The van der Waals surface area contributed by atoms with Gasteiger partial charge in [0.1, 0.15) is 11.6 Å². The van der Waals surface area contributed by atoms with E-state index >= 15 is 0 Å². The average molecular weight is 268 g/mol. The van der Waals surface area contributed by atoms with Gasteiger partial charge < -0.3 is 10.1 Å². The lowest BCUT2D eigenvalue weighted by Crippen LogP contribution is -2.37. The number of halogens is 1. The molecule has 0 saturated heterocycles. The van der Waals surface area contributed by atoms with E-state index in [0.29, 0.717) is 6.54 Å². The fraction of sp³-hybridized carbons (Fsp3) is 0.500. The summed E-state index contributed by atoms with van der Waals surface area (Å²) in [6, 6.07) is 6.26. The van der Waals surface area contributed by atoms with Crippen LogP contribution in [0, 0.1) is 0 Å². The van der Waals surface area contributed by atoms with E-state index in [1.54, 1.807) is 0 Å². The van der Waals surface area contributed by atoms with E-state index in [4.69, 9.17) is 16.3 Å². The van der Waals surface area contributed by atoms with Crippen LogP contribution in [0.5, 0.6) is 5.75 Å². The lowest BCUT2D eigenvalue weighted by Gasteiger charge is -2.26. The molecule has 1 aliphatic rings. The van der Waals surface area contributed by atoms with E-state index in [-0.39, 0.29) is 17.2 Å². The third-order valence-electron chi connectivity index (χ3n) is 3.32. The van der Waals surface area contributed by atoms with Crippen molar-refractivity contribution in [1.29, 1.82) is 0 Å². The van der Waals surface area contributed by atoms with Crippen LogP contribution in [0.1, 0.15) is 25.0 Å². The fourth-order valence-corrected chi connectivity index (χ4v) is 2.17. The molecule has 98 valence electrons. The van der Waals surface area contributed by atoms with Gasteiger partial charge in [-0.05, 0) is 17.2 Å². The van der Waals surface area contributed by atoms with Crippen molar-refractivity contribution >= 4 is 17.5 Å². The number of hydrogen-bond donors (Lipinski definition) is 1. The van der Waals surface area contributed by atoms with Gasteiger partial charge in [0.15, 0.2) is 0 Å². The van der Waals surface area contributed by atoms with Crippen molar-refractivity contribution in [2.24, 2.45) is 0 Å². The molecule has 1 amide bonds. The molecule has 0 radical (unpaired) electrons. The zero-order chi connectivity index (χ0) is 13.2.